The molecular weight excluding hydrogens is 724 g/mol. The summed E-state index contributed by atoms with van der Waals surface area (Å²) in [6.07, 6.45) is 0. The topological polar surface area (TPSA) is 19.7 Å². The zero-order valence-electron chi connectivity index (χ0n) is 31.7. The normalized spacial score (nSPS) is 12.2. The Balaban J connectivity index is 1.17. The number of para-hydroxylation sites is 6. The highest BCUT2D eigenvalue weighted by Crippen LogP contribution is 2.45. The van der Waals surface area contributed by atoms with Crippen molar-refractivity contribution < 1.29 is 4.39 Å². The highest BCUT2D eigenvalue weighted by Gasteiger charge is 2.26. The second-order valence-corrected chi connectivity index (χ2v) is 15.4. The molecule has 13 rings (SSSR count). The first kappa shape index (κ1) is 32.2. The van der Waals surface area contributed by atoms with E-state index in [4.69, 9.17) is 0 Å². The van der Waals surface area contributed by atoms with Gasteiger partial charge in [-0.25, -0.2) is 4.39 Å². The maximum atomic E-state index is 18.4. The maximum absolute atomic E-state index is 18.4. The molecule has 9 aromatic carbocycles. The van der Waals surface area contributed by atoms with Crippen LogP contribution in [-0.2, 0) is 0 Å². The van der Waals surface area contributed by atoms with E-state index >= 15 is 4.39 Å². The van der Waals surface area contributed by atoms with Crippen molar-refractivity contribution in [2.24, 2.45) is 0 Å². The molecule has 5 heteroatoms. The monoisotopic (exact) mass is 756 g/mol. The first-order valence-electron chi connectivity index (χ1n) is 20.1. The molecule has 0 radical (unpaired) electrons. The van der Waals surface area contributed by atoms with Crippen molar-refractivity contribution in [1.82, 2.24) is 18.3 Å². The molecule has 0 saturated carbocycles. The van der Waals surface area contributed by atoms with Crippen molar-refractivity contribution in [3.05, 3.63) is 206 Å². The second-order valence-electron chi connectivity index (χ2n) is 15.4. The van der Waals surface area contributed by atoms with Crippen LogP contribution in [0.4, 0.5) is 4.39 Å². The Bertz CT molecular complexity index is 3600. The van der Waals surface area contributed by atoms with E-state index in [9.17, 15) is 0 Å². The van der Waals surface area contributed by atoms with Gasteiger partial charge in [-0.05, 0) is 72.8 Å². The zero-order valence-corrected chi connectivity index (χ0v) is 31.7. The van der Waals surface area contributed by atoms with Crippen LogP contribution in [0.2, 0.25) is 0 Å². The van der Waals surface area contributed by atoms with Crippen molar-refractivity contribution in [2.45, 2.75) is 0 Å². The van der Waals surface area contributed by atoms with Crippen LogP contribution in [0.15, 0.2) is 200 Å². The van der Waals surface area contributed by atoms with Crippen molar-refractivity contribution in [1.29, 1.82) is 0 Å². The van der Waals surface area contributed by atoms with Gasteiger partial charge in [-0.15, -0.1) is 0 Å². The number of aromatic nitrogens is 4. The summed E-state index contributed by atoms with van der Waals surface area (Å²) in [5, 5.41) is 8.76. The molecule has 4 aromatic heterocycles. The van der Waals surface area contributed by atoms with Gasteiger partial charge in [0.25, 0.3) is 0 Å². The van der Waals surface area contributed by atoms with Crippen LogP contribution in [0.3, 0.4) is 0 Å². The Morgan fingerprint density at radius 1 is 0.254 bits per heavy atom. The first-order chi connectivity index (χ1) is 29.3. The lowest BCUT2D eigenvalue weighted by Gasteiger charge is -2.16. The largest absolute Gasteiger partial charge is 0.309 e. The summed E-state index contributed by atoms with van der Waals surface area (Å²) in [6.45, 7) is 0. The zero-order chi connectivity index (χ0) is 38.8. The molecule has 0 fully saturated rings. The maximum Gasteiger partial charge on any atom is 0.171 e. The number of fused-ring (bicyclic) bond motifs is 14. The van der Waals surface area contributed by atoms with Crippen LogP contribution in [-0.4, -0.2) is 18.3 Å². The Morgan fingerprint density at radius 3 is 1.03 bits per heavy atom. The van der Waals surface area contributed by atoms with Gasteiger partial charge in [0.1, 0.15) is 0 Å². The molecule has 276 valence electrons. The highest BCUT2D eigenvalue weighted by atomic mass is 19.1. The molecule has 0 unspecified atom stereocenters. The van der Waals surface area contributed by atoms with Crippen molar-refractivity contribution >= 4 is 87.2 Å². The fraction of sp³-hybridized carbons (Fsp3) is 0. The third kappa shape index (κ3) is 4.31. The van der Waals surface area contributed by atoms with Crippen molar-refractivity contribution in [2.75, 3.05) is 0 Å². The molecule has 0 saturated heterocycles. The van der Waals surface area contributed by atoms with Gasteiger partial charge < -0.3 is 18.3 Å². The molecule has 59 heavy (non-hydrogen) atoms. The van der Waals surface area contributed by atoms with Gasteiger partial charge in [0, 0.05) is 54.5 Å². The van der Waals surface area contributed by atoms with E-state index < -0.39 is 0 Å². The molecule has 0 aliphatic carbocycles. The van der Waals surface area contributed by atoms with Crippen LogP contribution < -0.4 is 0 Å². The SMILES string of the molecule is Fc1c(-n2c3ccccc3c3ccc4c(c5ccccc5n4-c4ccccc4)c32)cccc1-n1c2ccccc2c2ccc3c(c4ccccc4n3-c3ccccc3)c21. The van der Waals surface area contributed by atoms with Crippen molar-refractivity contribution in [3.63, 3.8) is 0 Å². The van der Waals surface area contributed by atoms with E-state index in [1.54, 1.807) is 0 Å². The molecule has 0 aliphatic heterocycles. The van der Waals surface area contributed by atoms with E-state index in [1.807, 2.05) is 30.3 Å². The van der Waals surface area contributed by atoms with Gasteiger partial charge >= 0.3 is 0 Å². The van der Waals surface area contributed by atoms with Crippen LogP contribution in [0, 0.1) is 5.82 Å². The Morgan fingerprint density at radius 2 is 0.610 bits per heavy atom. The molecule has 0 amide bonds. The Hall–Kier alpha value is -7.89. The molecule has 4 nitrogen and oxygen atoms in total. The number of rotatable bonds is 4. The molecule has 13 aromatic rings. The fourth-order valence-electron chi connectivity index (χ4n) is 10.1. The van der Waals surface area contributed by atoms with Crippen LogP contribution in [0.25, 0.3) is 110 Å². The number of benzene rings is 9. The van der Waals surface area contributed by atoms with Crippen LogP contribution in [0.5, 0.6) is 0 Å². The molecule has 4 heterocycles. The number of nitrogens with zero attached hydrogens (tertiary/aromatic N) is 4. The van der Waals surface area contributed by atoms with Crippen LogP contribution >= 0.6 is 0 Å². The van der Waals surface area contributed by atoms with Gasteiger partial charge in [-0.3, -0.25) is 0 Å². The van der Waals surface area contributed by atoms with E-state index in [0.717, 1.165) is 98.6 Å². The Kier molecular flexibility index (Phi) is 6.59. The summed E-state index contributed by atoms with van der Waals surface area (Å²) in [5.74, 6) is -0.287. The molecule has 0 spiro atoms. The average Bonchev–Trinajstić information content (AvgIpc) is 4.02. The smallest absolute Gasteiger partial charge is 0.171 e. The lowest BCUT2D eigenvalue weighted by atomic mass is 10.1. The van der Waals surface area contributed by atoms with E-state index in [2.05, 4.69) is 188 Å². The molecule has 0 aliphatic rings. The summed E-state index contributed by atoms with van der Waals surface area (Å²) in [6, 6.07) is 69.7. The Labute approximate surface area is 337 Å². The van der Waals surface area contributed by atoms with Crippen molar-refractivity contribution in [3.8, 4) is 22.7 Å². The quantitative estimate of drug-likeness (QED) is 0.170. The summed E-state index contributed by atoms with van der Waals surface area (Å²) >= 11 is 0. The summed E-state index contributed by atoms with van der Waals surface area (Å²) in [4.78, 5) is 0. The van der Waals surface area contributed by atoms with Gasteiger partial charge in [0.15, 0.2) is 5.82 Å². The first-order valence-corrected chi connectivity index (χ1v) is 20.1. The minimum Gasteiger partial charge on any atom is -0.309 e. The lowest BCUT2D eigenvalue weighted by Crippen LogP contribution is -2.04. The number of hydrogen-bond donors (Lipinski definition) is 0. The van der Waals surface area contributed by atoms with E-state index in [-0.39, 0.29) is 5.82 Å². The van der Waals surface area contributed by atoms with Gasteiger partial charge in [0.05, 0.1) is 55.5 Å². The van der Waals surface area contributed by atoms with E-state index in [1.165, 1.54) is 0 Å². The van der Waals surface area contributed by atoms with Gasteiger partial charge in [-0.1, -0.05) is 127 Å². The average molecular weight is 757 g/mol. The second kappa shape index (κ2) is 12.1. The minimum absolute atomic E-state index is 0.287. The molecular formula is C54H33FN4. The minimum atomic E-state index is -0.287. The third-order valence-electron chi connectivity index (χ3n) is 12.4. The predicted molar refractivity (Wildman–Crippen MR) is 244 cm³/mol. The predicted octanol–water partition coefficient (Wildman–Crippen LogP) is 14.2. The summed E-state index contributed by atoms with van der Waals surface area (Å²) in [5.41, 5.74) is 11.4. The summed E-state index contributed by atoms with van der Waals surface area (Å²) in [7, 11) is 0. The fourth-order valence-corrected chi connectivity index (χ4v) is 10.1. The standard InChI is InChI=1S/C54H33FN4/c55-52-48(58-42-24-11-7-20-36(42)38-30-32-46-50(53(38)58)40-22-9-13-26-44(40)56(46)34-16-3-1-4-17-34)28-15-29-49(52)59-43-25-12-8-21-37(43)39-31-33-47-51(54(39)59)41-23-10-14-27-45(41)57(47)35-18-5-2-6-19-35/h1-33H. The van der Waals surface area contributed by atoms with Crippen LogP contribution in [0.1, 0.15) is 0 Å². The summed E-state index contributed by atoms with van der Waals surface area (Å²) < 4.78 is 27.4. The highest BCUT2D eigenvalue weighted by molar-refractivity contribution is 6.27. The molecule has 0 bridgehead atoms. The lowest BCUT2D eigenvalue weighted by molar-refractivity contribution is 0.614. The third-order valence-corrected chi connectivity index (χ3v) is 12.4. The number of halogens is 1. The number of hydrogen-bond acceptors (Lipinski definition) is 0. The van der Waals surface area contributed by atoms with Gasteiger partial charge in [-0.2, -0.15) is 0 Å². The molecule has 0 N–H and O–H groups in total. The van der Waals surface area contributed by atoms with Gasteiger partial charge in [0.2, 0.25) is 0 Å². The molecule has 0 atom stereocenters. The van der Waals surface area contributed by atoms with E-state index in [0.29, 0.717) is 11.4 Å².